The molecule has 0 aliphatic carbocycles. The Bertz CT molecular complexity index is 830. The zero-order chi connectivity index (χ0) is 18.6. The highest BCUT2D eigenvalue weighted by Crippen LogP contribution is 2.24. The Balaban J connectivity index is 1.44. The van der Waals surface area contributed by atoms with Gasteiger partial charge in [-0.05, 0) is 56.1 Å². The molecule has 1 amide bonds. The molecule has 2 aliphatic rings. The van der Waals surface area contributed by atoms with Crippen LogP contribution in [0.5, 0.6) is 0 Å². The monoisotopic (exact) mass is 362 g/mol. The van der Waals surface area contributed by atoms with Gasteiger partial charge in [0, 0.05) is 29.7 Å². The van der Waals surface area contributed by atoms with Crippen LogP contribution in [0.3, 0.4) is 0 Å². The molecule has 140 valence electrons. The van der Waals surface area contributed by atoms with Crippen LogP contribution < -0.4 is 0 Å². The third kappa shape index (κ3) is 4.08. The number of aromatic nitrogens is 2. The number of allylic oxidation sites excluding steroid dienone is 1. The summed E-state index contributed by atoms with van der Waals surface area (Å²) in [4.78, 5) is 23.4. The molecule has 0 bridgehead atoms. The van der Waals surface area contributed by atoms with Crippen molar-refractivity contribution in [1.82, 2.24) is 14.5 Å². The van der Waals surface area contributed by atoms with Crippen molar-refractivity contribution < 1.29 is 4.79 Å². The predicted octanol–water partition coefficient (Wildman–Crippen LogP) is 3.75. The molecular formula is C22H26N4O. The van der Waals surface area contributed by atoms with Crippen molar-refractivity contribution in [3.8, 4) is 5.69 Å². The first-order valence-corrected chi connectivity index (χ1v) is 9.83. The molecule has 1 saturated heterocycles. The first-order chi connectivity index (χ1) is 13.2. The molecule has 0 saturated carbocycles. The number of rotatable bonds is 4. The molecular weight excluding hydrogens is 336 g/mol. The summed E-state index contributed by atoms with van der Waals surface area (Å²) in [6.45, 7) is 4.24. The third-order valence-corrected chi connectivity index (χ3v) is 5.58. The second kappa shape index (κ2) is 8.01. The molecule has 2 aromatic rings. The van der Waals surface area contributed by atoms with Crippen molar-refractivity contribution in [3.05, 3.63) is 54.6 Å². The van der Waals surface area contributed by atoms with Crippen LogP contribution in [-0.4, -0.2) is 45.2 Å². The largest absolute Gasteiger partial charge is 0.306 e. The van der Waals surface area contributed by atoms with Gasteiger partial charge in [0.1, 0.15) is 0 Å². The van der Waals surface area contributed by atoms with E-state index in [0.29, 0.717) is 5.92 Å². The molecule has 2 unspecified atom stereocenters. The molecule has 27 heavy (non-hydrogen) atoms. The molecule has 0 spiro atoms. The van der Waals surface area contributed by atoms with Gasteiger partial charge in [0.2, 0.25) is 0 Å². The van der Waals surface area contributed by atoms with Crippen LogP contribution in [0.1, 0.15) is 38.2 Å². The summed E-state index contributed by atoms with van der Waals surface area (Å²) in [7, 11) is 0. The number of hydrogen-bond donors (Lipinski definition) is 0. The Hall–Kier alpha value is -2.53. The number of carbonyl (C=O) groups is 1. The zero-order valence-electron chi connectivity index (χ0n) is 15.8. The van der Waals surface area contributed by atoms with E-state index in [0.717, 1.165) is 36.5 Å². The SMILES string of the molecule is CC1CC(N2CCCCC2)C(=O)N=C1C=Cc1ccc(-n2ccnc2)cc1. The number of piperidine rings is 1. The van der Waals surface area contributed by atoms with E-state index in [4.69, 9.17) is 0 Å². The summed E-state index contributed by atoms with van der Waals surface area (Å²) in [5.74, 6) is 0.334. The normalized spacial score (nSPS) is 24.3. The van der Waals surface area contributed by atoms with Gasteiger partial charge in [0.15, 0.2) is 0 Å². The van der Waals surface area contributed by atoms with Gasteiger partial charge in [-0.3, -0.25) is 9.69 Å². The molecule has 5 heteroatoms. The second-order valence-corrected chi connectivity index (χ2v) is 7.52. The number of imidazole rings is 1. The van der Waals surface area contributed by atoms with Gasteiger partial charge in [-0.25, -0.2) is 9.98 Å². The van der Waals surface area contributed by atoms with E-state index in [9.17, 15) is 4.79 Å². The molecule has 0 N–H and O–H groups in total. The Morgan fingerprint density at radius 3 is 2.56 bits per heavy atom. The minimum Gasteiger partial charge on any atom is -0.306 e. The lowest BCUT2D eigenvalue weighted by Crippen LogP contribution is -2.47. The van der Waals surface area contributed by atoms with Crippen molar-refractivity contribution in [2.45, 2.75) is 38.6 Å². The maximum Gasteiger partial charge on any atom is 0.263 e. The lowest BCUT2D eigenvalue weighted by molar-refractivity contribution is -0.124. The Morgan fingerprint density at radius 1 is 1.07 bits per heavy atom. The number of likely N-dealkylation sites (tertiary alicyclic amines) is 1. The number of aliphatic imine (C=N–C) groups is 1. The Labute approximate surface area is 160 Å². The third-order valence-electron chi connectivity index (χ3n) is 5.58. The van der Waals surface area contributed by atoms with Crippen molar-refractivity contribution >= 4 is 17.7 Å². The van der Waals surface area contributed by atoms with Crippen molar-refractivity contribution in [2.75, 3.05) is 13.1 Å². The summed E-state index contributed by atoms with van der Waals surface area (Å²) in [6.07, 6.45) is 14.1. The van der Waals surface area contributed by atoms with Crippen molar-refractivity contribution in [3.63, 3.8) is 0 Å². The molecule has 1 aromatic heterocycles. The van der Waals surface area contributed by atoms with E-state index in [2.05, 4.69) is 46.1 Å². The number of hydrogen-bond acceptors (Lipinski definition) is 3. The molecule has 0 radical (unpaired) electrons. The summed E-state index contributed by atoms with van der Waals surface area (Å²) < 4.78 is 1.97. The van der Waals surface area contributed by atoms with E-state index in [-0.39, 0.29) is 11.9 Å². The molecule has 1 fully saturated rings. The zero-order valence-corrected chi connectivity index (χ0v) is 15.8. The lowest BCUT2D eigenvalue weighted by Gasteiger charge is -2.36. The van der Waals surface area contributed by atoms with E-state index >= 15 is 0 Å². The van der Waals surface area contributed by atoms with Gasteiger partial charge in [0.05, 0.1) is 12.4 Å². The molecule has 3 heterocycles. The fraction of sp³-hybridized carbons (Fsp3) is 0.409. The minimum atomic E-state index is -0.0214. The van der Waals surface area contributed by atoms with E-state index in [1.54, 1.807) is 12.5 Å². The predicted molar refractivity (Wildman–Crippen MR) is 108 cm³/mol. The average molecular weight is 362 g/mol. The van der Waals surface area contributed by atoms with Crippen LogP contribution in [0.4, 0.5) is 0 Å². The first kappa shape index (κ1) is 17.9. The smallest absolute Gasteiger partial charge is 0.263 e. The number of carbonyl (C=O) groups excluding carboxylic acids is 1. The van der Waals surface area contributed by atoms with Crippen LogP contribution in [0.15, 0.2) is 54.1 Å². The van der Waals surface area contributed by atoms with Crippen LogP contribution in [0.25, 0.3) is 11.8 Å². The van der Waals surface area contributed by atoms with Gasteiger partial charge >= 0.3 is 0 Å². The second-order valence-electron chi connectivity index (χ2n) is 7.52. The molecule has 1 aromatic carbocycles. The highest BCUT2D eigenvalue weighted by atomic mass is 16.1. The van der Waals surface area contributed by atoms with Crippen LogP contribution in [-0.2, 0) is 4.79 Å². The van der Waals surface area contributed by atoms with Crippen molar-refractivity contribution in [1.29, 1.82) is 0 Å². The van der Waals surface area contributed by atoms with E-state index in [1.165, 1.54) is 19.3 Å². The average Bonchev–Trinajstić information content (AvgIpc) is 3.24. The van der Waals surface area contributed by atoms with Gasteiger partial charge in [-0.2, -0.15) is 0 Å². The highest BCUT2D eigenvalue weighted by Gasteiger charge is 2.33. The fourth-order valence-corrected chi connectivity index (χ4v) is 3.96. The molecule has 2 atom stereocenters. The summed E-state index contributed by atoms with van der Waals surface area (Å²) in [6, 6.07) is 8.24. The highest BCUT2D eigenvalue weighted by molar-refractivity contribution is 6.08. The Morgan fingerprint density at radius 2 is 1.85 bits per heavy atom. The maximum atomic E-state index is 12.6. The van der Waals surface area contributed by atoms with Crippen LogP contribution in [0.2, 0.25) is 0 Å². The van der Waals surface area contributed by atoms with Crippen LogP contribution in [0, 0.1) is 5.92 Å². The topological polar surface area (TPSA) is 50.5 Å². The first-order valence-electron chi connectivity index (χ1n) is 9.83. The lowest BCUT2D eigenvalue weighted by atomic mass is 9.90. The summed E-state index contributed by atoms with van der Waals surface area (Å²) in [5, 5.41) is 0. The van der Waals surface area contributed by atoms with Gasteiger partial charge in [-0.1, -0.05) is 31.6 Å². The quantitative estimate of drug-likeness (QED) is 0.832. The van der Waals surface area contributed by atoms with Gasteiger partial charge in [-0.15, -0.1) is 0 Å². The molecule has 4 rings (SSSR count). The minimum absolute atomic E-state index is 0.0214. The summed E-state index contributed by atoms with van der Waals surface area (Å²) in [5.41, 5.74) is 3.07. The molecule has 5 nitrogen and oxygen atoms in total. The Kier molecular flexibility index (Phi) is 5.30. The van der Waals surface area contributed by atoms with E-state index in [1.807, 2.05) is 22.9 Å². The summed E-state index contributed by atoms with van der Waals surface area (Å²) >= 11 is 0. The number of nitrogens with zero attached hydrogens (tertiary/aromatic N) is 4. The van der Waals surface area contributed by atoms with Crippen molar-refractivity contribution in [2.24, 2.45) is 10.9 Å². The van der Waals surface area contributed by atoms with Gasteiger partial charge in [0.25, 0.3) is 5.91 Å². The fourth-order valence-electron chi connectivity index (χ4n) is 3.96. The van der Waals surface area contributed by atoms with E-state index < -0.39 is 0 Å². The number of benzene rings is 1. The van der Waals surface area contributed by atoms with Gasteiger partial charge < -0.3 is 4.57 Å². The standard InChI is InChI=1S/C22H26N4O/c1-17-15-21(25-12-3-2-4-13-25)22(27)24-20(17)10-7-18-5-8-19(9-6-18)26-14-11-23-16-26/h5-11,14,16-17,21H,2-4,12-13,15H2,1H3. The molecule has 2 aliphatic heterocycles. The number of amides is 1. The van der Waals surface area contributed by atoms with Crippen LogP contribution >= 0.6 is 0 Å². The maximum absolute atomic E-state index is 12.6.